The van der Waals surface area contributed by atoms with Gasteiger partial charge in [0.2, 0.25) is 0 Å². The highest BCUT2D eigenvalue weighted by Crippen LogP contribution is 2.43. The number of rotatable bonds is 3. The largest absolute Gasteiger partial charge is 0.381 e. The summed E-state index contributed by atoms with van der Waals surface area (Å²) in [5, 5.41) is 0. The Kier molecular flexibility index (Phi) is 4.57. The van der Waals surface area contributed by atoms with Crippen molar-refractivity contribution in [3.8, 4) is 0 Å². The molecule has 0 bridgehead atoms. The number of Topliss-reactive ketones (excluding diaryl/α,β-unsaturated/α-hetero) is 1. The van der Waals surface area contributed by atoms with Crippen molar-refractivity contribution < 1.29 is 9.53 Å². The van der Waals surface area contributed by atoms with E-state index in [1.807, 2.05) is 0 Å². The predicted octanol–water partition coefficient (Wildman–Crippen LogP) is 3.98. The first-order chi connectivity index (χ1) is 9.33. The molecular formula is C17H28O2. The van der Waals surface area contributed by atoms with Gasteiger partial charge >= 0.3 is 0 Å². The van der Waals surface area contributed by atoms with Gasteiger partial charge in [0.15, 0.2) is 0 Å². The van der Waals surface area contributed by atoms with Crippen molar-refractivity contribution in [1.82, 2.24) is 0 Å². The Morgan fingerprint density at radius 3 is 2.42 bits per heavy atom. The molecule has 19 heavy (non-hydrogen) atoms. The molecule has 0 amide bonds. The predicted molar refractivity (Wildman–Crippen MR) is 76.0 cm³/mol. The molecule has 3 unspecified atom stereocenters. The number of ether oxygens (including phenoxy) is 1. The van der Waals surface area contributed by atoms with E-state index in [-0.39, 0.29) is 0 Å². The van der Waals surface area contributed by atoms with Crippen LogP contribution in [-0.2, 0) is 9.53 Å². The third-order valence-corrected chi connectivity index (χ3v) is 5.83. The minimum absolute atomic E-state index is 0.405. The zero-order valence-electron chi connectivity index (χ0n) is 12.1. The number of ketones is 1. The molecule has 0 N–H and O–H groups in total. The van der Waals surface area contributed by atoms with E-state index in [1.54, 1.807) is 0 Å². The number of hydrogen-bond acceptors (Lipinski definition) is 2. The summed E-state index contributed by atoms with van der Waals surface area (Å²) < 4.78 is 5.39. The lowest BCUT2D eigenvalue weighted by Crippen LogP contribution is -2.32. The monoisotopic (exact) mass is 264 g/mol. The highest BCUT2D eigenvalue weighted by molar-refractivity contribution is 5.81. The van der Waals surface area contributed by atoms with Crippen LogP contribution in [0.2, 0.25) is 0 Å². The van der Waals surface area contributed by atoms with Crippen LogP contribution in [0.25, 0.3) is 0 Å². The lowest BCUT2D eigenvalue weighted by atomic mass is 9.66. The van der Waals surface area contributed by atoms with Crippen molar-refractivity contribution in [3.05, 3.63) is 0 Å². The number of carbonyl (C=O) groups is 1. The minimum Gasteiger partial charge on any atom is -0.381 e. The second kappa shape index (κ2) is 6.39. The fourth-order valence-electron chi connectivity index (χ4n) is 4.57. The zero-order chi connectivity index (χ0) is 13.1. The van der Waals surface area contributed by atoms with Crippen LogP contribution in [0.3, 0.4) is 0 Å². The maximum Gasteiger partial charge on any atom is 0.136 e. The maximum atomic E-state index is 12.5. The average Bonchev–Trinajstić information content (AvgIpc) is 2.48. The normalized spacial score (nSPS) is 36.7. The van der Waals surface area contributed by atoms with Crippen molar-refractivity contribution >= 4 is 5.78 Å². The molecular weight excluding hydrogens is 236 g/mol. The fraction of sp³-hybridized carbons (Fsp3) is 0.941. The molecule has 1 aliphatic heterocycles. The third kappa shape index (κ3) is 3.39. The molecule has 1 heterocycles. The number of carbonyl (C=O) groups excluding carboxylic acids is 1. The first kappa shape index (κ1) is 13.6. The van der Waals surface area contributed by atoms with Gasteiger partial charge < -0.3 is 4.74 Å². The van der Waals surface area contributed by atoms with Gasteiger partial charge in [-0.1, -0.05) is 25.7 Å². The van der Waals surface area contributed by atoms with Crippen molar-refractivity contribution in [1.29, 1.82) is 0 Å². The Balaban J connectivity index is 1.49. The van der Waals surface area contributed by atoms with E-state index >= 15 is 0 Å². The van der Waals surface area contributed by atoms with Crippen LogP contribution in [0.4, 0.5) is 0 Å². The first-order valence-corrected chi connectivity index (χ1v) is 8.43. The van der Waals surface area contributed by atoms with Crippen molar-refractivity contribution in [2.24, 2.45) is 23.7 Å². The molecule has 2 aliphatic carbocycles. The Morgan fingerprint density at radius 1 is 0.895 bits per heavy atom. The second-order valence-corrected chi connectivity index (χ2v) is 7.04. The smallest absolute Gasteiger partial charge is 0.136 e. The molecule has 0 radical (unpaired) electrons. The van der Waals surface area contributed by atoms with E-state index < -0.39 is 0 Å². The van der Waals surface area contributed by atoms with Crippen LogP contribution >= 0.6 is 0 Å². The Morgan fingerprint density at radius 2 is 1.63 bits per heavy atom. The van der Waals surface area contributed by atoms with E-state index in [4.69, 9.17) is 4.74 Å². The Hall–Kier alpha value is -0.370. The van der Waals surface area contributed by atoms with E-state index in [0.717, 1.165) is 44.3 Å². The molecule has 3 aliphatic rings. The molecule has 3 rings (SSSR count). The summed E-state index contributed by atoms with van der Waals surface area (Å²) in [6.45, 7) is 1.74. The molecule has 108 valence electrons. The Bertz CT molecular complexity index is 306. The summed E-state index contributed by atoms with van der Waals surface area (Å²) in [7, 11) is 0. The Labute approximate surface area is 117 Å². The molecule has 1 saturated heterocycles. The van der Waals surface area contributed by atoms with Crippen LogP contribution in [0.1, 0.15) is 64.2 Å². The van der Waals surface area contributed by atoms with Crippen molar-refractivity contribution in [3.63, 3.8) is 0 Å². The van der Waals surface area contributed by atoms with Gasteiger partial charge in [0, 0.05) is 25.6 Å². The van der Waals surface area contributed by atoms with E-state index in [2.05, 4.69) is 0 Å². The molecule has 0 aromatic carbocycles. The van der Waals surface area contributed by atoms with Crippen LogP contribution < -0.4 is 0 Å². The lowest BCUT2D eigenvalue weighted by Gasteiger charge is -2.39. The molecule has 3 atom stereocenters. The molecule has 3 fully saturated rings. The fourth-order valence-corrected chi connectivity index (χ4v) is 4.57. The second-order valence-electron chi connectivity index (χ2n) is 7.04. The average molecular weight is 264 g/mol. The van der Waals surface area contributed by atoms with Crippen LogP contribution in [-0.4, -0.2) is 19.0 Å². The van der Waals surface area contributed by atoms with Crippen LogP contribution in [0.5, 0.6) is 0 Å². The third-order valence-electron chi connectivity index (χ3n) is 5.83. The van der Waals surface area contributed by atoms with Gasteiger partial charge in [0.1, 0.15) is 5.78 Å². The summed E-state index contributed by atoms with van der Waals surface area (Å²) in [6.07, 6.45) is 12.4. The maximum absolute atomic E-state index is 12.5. The highest BCUT2D eigenvalue weighted by Gasteiger charge is 2.35. The molecule has 0 aromatic heterocycles. The van der Waals surface area contributed by atoms with E-state index in [1.165, 1.54) is 44.9 Å². The zero-order valence-corrected chi connectivity index (χ0v) is 12.1. The van der Waals surface area contributed by atoms with Gasteiger partial charge in [0.25, 0.3) is 0 Å². The highest BCUT2D eigenvalue weighted by atomic mass is 16.5. The summed E-state index contributed by atoms with van der Waals surface area (Å²) >= 11 is 0. The van der Waals surface area contributed by atoms with Crippen molar-refractivity contribution in [2.75, 3.05) is 13.2 Å². The topological polar surface area (TPSA) is 26.3 Å². The quantitative estimate of drug-likeness (QED) is 0.770. The molecule has 2 nitrogen and oxygen atoms in total. The molecule has 2 saturated carbocycles. The lowest BCUT2D eigenvalue weighted by molar-refractivity contribution is -0.126. The summed E-state index contributed by atoms with van der Waals surface area (Å²) in [4.78, 5) is 12.5. The molecule has 0 spiro atoms. The van der Waals surface area contributed by atoms with Gasteiger partial charge in [-0.25, -0.2) is 0 Å². The van der Waals surface area contributed by atoms with Crippen LogP contribution in [0.15, 0.2) is 0 Å². The molecule has 2 heteroatoms. The van der Waals surface area contributed by atoms with Gasteiger partial charge in [-0.2, -0.15) is 0 Å². The number of fused-ring (bicyclic) bond motifs is 1. The van der Waals surface area contributed by atoms with Gasteiger partial charge in [0.05, 0.1) is 0 Å². The minimum atomic E-state index is 0.405. The van der Waals surface area contributed by atoms with Gasteiger partial charge in [-0.3, -0.25) is 4.79 Å². The standard InChI is InChI=1S/C17H28O2/c18-17(11-13-7-9-19-10-8-13)16-6-5-14-3-1-2-4-15(14)12-16/h13-16H,1-12H2. The van der Waals surface area contributed by atoms with Crippen LogP contribution in [0, 0.1) is 23.7 Å². The van der Waals surface area contributed by atoms with E-state index in [0.29, 0.717) is 17.6 Å². The SMILES string of the molecule is O=C(CC1CCOCC1)C1CCC2CCCCC2C1. The summed E-state index contributed by atoms with van der Waals surface area (Å²) in [6, 6.07) is 0. The van der Waals surface area contributed by atoms with Crippen molar-refractivity contribution in [2.45, 2.75) is 64.2 Å². The summed E-state index contributed by atoms with van der Waals surface area (Å²) in [5.41, 5.74) is 0. The number of hydrogen-bond donors (Lipinski definition) is 0. The van der Waals surface area contributed by atoms with E-state index in [9.17, 15) is 4.79 Å². The van der Waals surface area contributed by atoms with Gasteiger partial charge in [-0.15, -0.1) is 0 Å². The molecule has 0 aromatic rings. The summed E-state index contributed by atoms with van der Waals surface area (Å²) in [5.74, 6) is 3.44. The first-order valence-electron chi connectivity index (χ1n) is 8.43. The van der Waals surface area contributed by atoms with Gasteiger partial charge in [-0.05, 0) is 49.9 Å².